The molecule has 1 aromatic heterocycles. The number of urea groups is 1. The van der Waals surface area contributed by atoms with Crippen LogP contribution in [-0.2, 0) is 4.74 Å². The molecule has 1 aliphatic carbocycles. The van der Waals surface area contributed by atoms with Crippen LogP contribution in [0.15, 0.2) is 47.1 Å². The second kappa shape index (κ2) is 6.32. The van der Waals surface area contributed by atoms with Crippen LogP contribution in [0.25, 0.3) is 11.3 Å². The van der Waals surface area contributed by atoms with Gasteiger partial charge in [0.05, 0.1) is 12.4 Å². The Morgan fingerprint density at radius 1 is 1.17 bits per heavy atom. The Kier molecular flexibility index (Phi) is 4.02. The molecule has 2 heterocycles. The van der Waals surface area contributed by atoms with Crippen molar-refractivity contribution >= 4 is 11.7 Å². The minimum atomic E-state index is -0.0211. The fourth-order valence-corrected chi connectivity index (χ4v) is 4.09. The van der Waals surface area contributed by atoms with Crippen LogP contribution in [0.4, 0.5) is 10.5 Å². The number of nitrogens with one attached hydrogen (secondary N) is 1. The van der Waals surface area contributed by atoms with Crippen LogP contribution in [0.5, 0.6) is 0 Å². The fourth-order valence-electron chi connectivity index (χ4n) is 4.09. The van der Waals surface area contributed by atoms with Gasteiger partial charge in [-0.25, -0.2) is 4.79 Å². The molecule has 2 aromatic rings. The van der Waals surface area contributed by atoms with Crippen molar-refractivity contribution in [2.24, 2.45) is 11.8 Å². The van der Waals surface area contributed by atoms with Crippen molar-refractivity contribution in [3.8, 4) is 11.3 Å². The number of rotatable bonds is 3. The number of benzene rings is 1. The van der Waals surface area contributed by atoms with Crippen LogP contribution in [0, 0.1) is 11.8 Å². The van der Waals surface area contributed by atoms with Gasteiger partial charge in [-0.15, -0.1) is 0 Å². The minimum Gasteiger partial charge on any atom is -0.464 e. The van der Waals surface area contributed by atoms with Gasteiger partial charge in [0.15, 0.2) is 0 Å². The third-order valence-corrected chi connectivity index (χ3v) is 5.25. The summed E-state index contributed by atoms with van der Waals surface area (Å²) in [6.07, 6.45) is 4.29. The number of furan rings is 1. The van der Waals surface area contributed by atoms with E-state index in [1.165, 1.54) is 0 Å². The highest BCUT2D eigenvalue weighted by Crippen LogP contribution is 2.38. The topological polar surface area (TPSA) is 54.7 Å². The van der Waals surface area contributed by atoms with E-state index >= 15 is 0 Å². The van der Waals surface area contributed by atoms with E-state index in [-0.39, 0.29) is 6.03 Å². The molecule has 2 amide bonds. The SMILES string of the molecule is COC1[C@@H]2CC[C@H]1CN(C(=O)Nc1ccc(-c3ccco3)cc1)C2. The van der Waals surface area contributed by atoms with Gasteiger partial charge in [0.1, 0.15) is 5.76 Å². The highest BCUT2D eigenvalue weighted by atomic mass is 16.5. The Labute approximate surface area is 141 Å². The monoisotopic (exact) mass is 326 g/mol. The average Bonchev–Trinajstić information content (AvgIpc) is 3.21. The maximum atomic E-state index is 12.6. The molecule has 126 valence electrons. The molecule has 1 saturated carbocycles. The second-order valence-corrected chi connectivity index (χ2v) is 6.69. The lowest BCUT2D eigenvalue weighted by Crippen LogP contribution is -2.49. The van der Waals surface area contributed by atoms with Crippen LogP contribution in [0.2, 0.25) is 0 Å². The zero-order valence-corrected chi connectivity index (χ0v) is 13.8. The second-order valence-electron chi connectivity index (χ2n) is 6.69. The zero-order valence-electron chi connectivity index (χ0n) is 13.8. The van der Waals surface area contributed by atoms with Gasteiger partial charge in [-0.2, -0.15) is 0 Å². The molecule has 1 aromatic carbocycles. The molecule has 5 nitrogen and oxygen atoms in total. The predicted octanol–water partition coefficient (Wildman–Crippen LogP) is 3.84. The molecule has 1 unspecified atom stereocenters. The molecule has 0 radical (unpaired) electrons. The van der Waals surface area contributed by atoms with Crippen molar-refractivity contribution in [2.45, 2.75) is 18.9 Å². The summed E-state index contributed by atoms with van der Waals surface area (Å²) in [5.41, 5.74) is 1.80. The Bertz CT molecular complexity index is 682. The Morgan fingerprint density at radius 2 is 1.88 bits per heavy atom. The number of likely N-dealkylation sites (tertiary alicyclic amines) is 1. The van der Waals surface area contributed by atoms with Crippen molar-refractivity contribution in [2.75, 3.05) is 25.5 Å². The zero-order chi connectivity index (χ0) is 16.5. The predicted molar refractivity (Wildman–Crippen MR) is 91.7 cm³/mol. The summed E-state index contributed by atoms with van der Waals surface area (Å²) in [7, 11) is 1.78. The van der Waals surface area contributed by atoms with Gasteiger partial charge in [0.2, 0.25) is 0 Å². The van der Waals surface area contributed by atoms with E-state index in [4.69, 9.17) is 9.15 Å². The van der Waals surface area contributed by atoms with Crippen LogP contribution in [0.1, 0.15) is 12.8 Å². The smallest absolute Gasteiger partial charge is 0.321 e. The van der Waals surface area contributed by atoms with E-state index in [0.29, 0.717) is 17.9 Å². The normalized spacial score (nSPS) is 25.7. The highest BCUT2D eigenvalue weighted by Gasteiger charge is 2.43. The molecule has 2 fully saturated rings. The van der Waals surface area contributed by atoms with Gasteiger partial charge in [-0.05, 0) is 49.2 Å². The quantitative estimate of drug-likeness (QED) is 0.932. The summed E-state index contributed by atoms with van der Waals surface area (Å²) in [6, 6.07) is 11.5. The molecule has 4 rings (SSSR count). The largest absolute Gasteiger partial charge is 0.464 e. The Balaban J connectivity index is 1.40. The molecule has 0 spiro atoms. The van der Waals surface area contributed by atoms with Crippen molar-refractivity contribution in [1.29, 1.82) is 0 Å². The molecule has 5 heteroatoms. The number of amides is 2. The van der Waals surface area contributed by atoms with E-state index in [1.807, 2.05) is 41.3 Å². The number of methoxy groups -OCH3 is 1. The van der Waals surface area contributed by atoms with Crippen LogP contribution in [-0.4, -0.2) is 37.2 Å². The average molecular weight is 326 g/mol. The summed E-state index contributed by atoms with van der Waals surface area (Å²) in [5, 5.41) is 3.00. The number of nitrogens with zero attached hydrogens (tertiary/aromatic N) is 1. The van der Waals surface area contributed by atoms with Crippen LogP contribution in [0.3, 0.4) is 0 Å². The molecular weight excluding hydrogens is 304 g/mol. The molecular formula is C19H22N2O3. The Morgan fingerprint density at radius 3 is 2.46 bits per heavy atom. The van der Waals surface area contributed by atoms with Crippen molar-refractivity contribution in [3.05, 3.63) is 42.7 Å². The first-order valence-corrected chi connectivity index (χ1v) is 8.47. The highest BCUT2D eigenvalue weighted by molar-refractivity contribution is 5.89. The lowest BCUT2D eigenvalue weighted by molar-refractivity contribution is -0.00364. The van der Waals surface area contributed by atoms with Crippen molar-refractivity contribution in [1.82, 2.24) is 4.90 Å². The molecule has 2 aliphatic rings. The Hall–Kier alpha value is -2.27. The van der Waals surface area contributed by atoms with Crippen LogP contribution < -0.4 is 5.32 Å². The van der Waals surface area contributed by atoms with Crippen molar-refractivity contribution < 1.29 is 13.9 Å². The maximum absolute atomic E-state index is 12.6. The van der Waals surface area contributed by atoms with Gasteiger partial charge in [-0.3, -0.25) is 0 Å². The van der Waals surface area contributed by atoms with E-state index in [1.54, 1.807) is 13.4 Å². The van der Waals surface area contributed by atoms with Gasteiger partial charge < -0.3 is 19.4 Å². The third-order valence-electron chi connectivity index (χ3n) is 5.25. The number of piperidine rings is 1. The number of anilines is 1. The summed E-state index contributed by atoms with van der Waals surface area (Å²) in [5.74, 6) is 1.77. The number of fused-ring (bicyclic) bond motifs is 2. The summed E-state index contributed by atoms with van der Waals surface area (Å²) in [4.78, 5) is 14.5. The maximum Gasteiger partial charge on any atom is 0.321 e. The molecule has 24 heavy (non-hydrogen) atoms. The fraction of sp³-hybridized carbons (Fsp3) is 0.421. The van der Waals surface area contributed by atoms with Gasteiger partial charge in [0.25, 0.3) is 0 Å². The summed E-state index contributed by atoms with van der Waals surface area (Å²) in [6.45, 7) is 1.57. The first-order chi connectivity index (χ1) is 11.7. The van der Waals surface area contributed by atoms with Gasteiger partial charge >= 0.3 is 6.03 Å². The molecule has 1 saturated heterocycles. The van der Waals surface area contributed by atoms with Gasteiger partial charge in [0, 0.05) is 43.3 Å². The number of carbonyl (C=O) groups excluding carboxylic acids is 1. The number of carbonyl (C=O) groups is 1. The lowest BCUT2D eigenvalue weighted by atomic mass is 9.95. The van der Waals surface area contributed by atoms with Gasteiger partial charge in [-0.1, -0.05) is 0 Å². The van der Waals surface area contributed by atoms with E-state index < -0.39 is 0 Å². The number of ether oxygens (including phenoxy) is 1. The van der Waals surface area contributed by atoms with E-state index in [9.17, 15) is 4.79 Å². The molecule has 1 N–H and O–H groups in total. The molecule has 3 atom stereocenters. The van der Waals surface area contributed by atoms with Crippen LogP contribution >= 0.6 is 0 Å². The first-order valence-electron chi connectivity index (χ1n) is 8.47. The lowest BCUT2D eigenvalue weighted by Gasteiger charge is -2.37. The molecule has 2 bridgehead atoms. The van der Waals surface area contributed by atoms with Crippen molar-refractivity contribution in [3.63, 3.8) is 0 Å². The minimum absolute atomic E-state index is 0.0211. The van der Waals surface area contributed by atoms with E-state index in [2.05, 4.69) is 5.32 Å². The molecule has 1 aliphatic heterocycles. The number of hydrogen-bond donors (Lipinski definition) is 1. The summed E-state index contributed by atoms with van der Waals surface area (Å²) >= 11 is 0. The first kappa shape index (κ1) is 15.3. The third kappa shape index (κ3) is 2.80. The summed E-state index contributed by atoms with van der Waals surface area (Å²) < 4.78 is 11.0. The standard InChI is InChI=1S/C19H22N2O3/c1-23-18-14-4-5-15(18)12-21(11-14)19(22)20-16-8-6-13(7-9-16)17-3-2-10-24-17/h2-3,6-10,14-15,18H,4-5,11-12H2,1H3,(H,20,22)/t14-,15+,18?. The van der Waals surface area contributed by atoms with E-state index in [0.717, 1.165) is 42.9 Å². The number of hydrogen-bond acceptors (Lipinski definition) is 3.